The molecule has 0 saturated heterocycles. The molecule has 1 aliphatic rings. The van der Waals surface area contributed by atoms with Crippen LogP contribution < -0.4 is 4.72 Å². The number of benzene rings is 2. The van der Waals surface area contributed by atoms with Crippen LogP contribution in [0.5, 0.6) is 0 Å². The molecule has 1 aliphatic carbocycles. The van der Waals surface area contributed by atoms with Crippen molar-refractivity contribution in [2.45, 2.75) is 43.5 Å². The number of aryl methyl sites for hydroxylation is 2. The van der Waals surface area contributed by atoms with Gasteiger partial charge >= 0.3 is 0 Å². The van der Waals surface area contributed by atoms with Crippen LogP contribution in [0.25, 0.3) is 5.69 Å². The van der Waals surface area contributed by atoms with Gasteiger partial charge in [0.05, 0.1) is 10.6 Å². The van der Waals surface area contributed by atoms with E-state index in [2.05, 4.69) is 14.8 Å². The summed E-state index contributed by atoms with van der Waals surface area (Å²) in [7, 11) is -3.57. The second kappa shape index (κ2) is 7.25. The molecule has 1 atom stereocenters. The lowest BCUT2D eigenvalue weighted by Crippen LogP contribution is -2.27. The Morgan fingerprint density at radius 3 is 2.48 bits per heavy atom. The first-order valence-electron chi connectivity index (χ1n) is 9.12. The Hall–Kier alpha value is -2.51. The smallest absolute Gasteiger partial charge is 0.223 e. The average molecular weight is 382 g/mol. The van der Waals surface area contributed by atoms with E-state index in [4.69, 9.17) is 0 Å². The van der Waals surface area contributed by atoms with Crippen LogP contribution in [0.3, 0.4) is 0 Å². The summed E-state index contributed by atoms with van der Waals surface area (Å²) in [6.45, 7) is 1.85. The number of rotatable bonds is 5. The lowest BCUT2D eigenvalue weighted by molar-refractivity contribution is 0.566. The van der Waals surface area contributed by atoms with Crippen molar-refractivity contribution in [1.29, 1.82) is 0 Å². The average Bonchev–Trinajstić information content (AvgIpc) is 3.22. The fraction of sp³-hybridized carbons (Fsp3) is 0.300. The molecule has 2 aromatic carbocycles. The maximum absolute atomic E-state index is 12.8. The van der Waals surface area contributed by atoms with Gasteiger partial charge in [-0.05, 0) is 73.6 Å². The van der Waals surface area contributed by atoms with Crippen LogP contribution >= 0.6 is 0 Å². The normalized spacial score (nSPS) is 15.3. The molecule has 1 N–H and O–H groups in total. The molecule has 0 amide bonds. The highest BCUT2D eigenvalue weighted by atomic mass is 32.2. The summed E-state index contributed by atoms with van der Waals surface area (Å²) in [6, 6.07) is 12.8. The Morgan fingerprint density at radius 2 is 1.78 bits per heavy atom. The van der Waals surface area contributed by atoms with Gasteiger partial charge in [-0.1, -0.05) is 18.2 Å². The SMILES string of the molecule is C[C@@H](NS(=O)(=O)c1ccc2c(c1)CCCC2)c1ccc(-n2cncn2)cc1. The van der Waals surface area contributed by atoms with Crippen molar-refractivity contribution in [2.75, 3.05) is 0 Å². The molecule has 6 nitrogen and oxygen atoms in total. The van der Waals surface area contributed by atoms with Crippen LogP contribution in [0, 0.1) is 0 Å². The third-order valence-electron chi connectivity index (χ3n) is 5.04. The largest absolute Gasteiger partial charge is 0.241 e. The zero-order valence-electron chi connectivity index (χ0n) is 15.2. The minimum absolute atomic E-state index is 0.337. The molecule has 27 heavy (non-hydrogen) atoms. The van der Waals surface area contributed by atoms with Crippen LogP contribution in [0.2, 0.25) is 0 Å². The zero-order valence-corrected chi connectivity index (χ0v) is 16.0. The molecule has 0 saturated carbocycles. The highest BCUT2D eigenvalue weighted by molar-refractivity contribution is 7.89. The zero-order chi connectivity index (χ0) is 18.9. The van der Waals surface area contributed by atoms with Crippen LogP contribution in [0.1, 0.15) is 42.5 Å². The van der Waals surface area contributed by atoms with Crippen LogP contribution in [0.4, 0.5) is 0 Å². The van der Waals surface area contributed by atoms with E-state index in [1.165, 1.54) is 18.3 Å². The van der Waals surface area contributed by atoms with E-state index in [9.17, 15) is 8.42 Å². The van der Waals surface area contributed by atoms with Crippen molar-refractivity contribution >= 4 is 10.0 Å². The van der Waals surface area contributed by atoms with Gasteiger partial charge in [0.25, 0.3) is 0 Å². The van der Waals surface area contributed by atoms with Gasteiger partial charge in [-0.25, -0.2) is 22.8 Å². The molecule has 3 aromatic rings. The third kappa shape index (κ3) is 3.79. The predicted octanol–water partition coefficient (Wildman–Crippen LogP) is 3.19. The summed E-state index contributed by atoms with van der Waals surface area (Å²) in [5, 5.41) is 4.09. The molecule has 0 unspecified atom stereocenters. The minimum atomic E-state index is -3.57. The van der Waals surface area contributed by atoms with Gasteiger partial charge in [0.15, 0.2) is 0 Å². The van der Waals surface area contributed by atoms with E-state index >= 15 is 0 Å². The number of aromatic nitrogens is 3. The lowest BCUT2D eigenvalue weighted by Gasteiger charge is -2.18. The van der Waals surface area contributed by atoms with E-state index in [0.717, 1.165) is 36.1 Å². The van der Waals surface area contributed by atoms with Gasteiger partial charge in [-0.3, -0.25) is 0 Å². The fourth-order valence-corrected chi connectivity index (χ4v) is 4.79. The molecular weight excluding hydrogens is 360 g/mol. The first kappa shape index (κ1) is 17.9. The fourth-order valence-electron chi connectivity index (χ4n) is 3.50. The van der Waals surface area contributed by atoms with Crippen molar-refractivity contribution in [3.8, 4) is 5.69 Å². The van der Waals surface area contributed by atoms with Gasteiger partial charge in [0.2, 0.25) is 10.0 Å². The molecule has 4 rings (SSSR count). The molecule has 0 aliphatic heterocycles. The lowest BCUT2D eigenvalue weighted by atomic mass is 9.92. The molecule has 0 radical (unpaired) electrons. The molecular formula is C20H22N4O2S. The van der Waals surface area contributed by atoms with Crippen LogP contribution in [-0.2, 0) is 22.9 Å². The summed E-state index contributed by atoms with van der Waals surface area (Å²) in [4.78, 5) is 4.27. The topological polar surface area (TPSA) is 76.9 Å². The van der Waals surface area contributed by atoms with Crippen molar-refractivity contribution in [1.82, 2.24) is 19.5 Å². The predicted molar refractivity (Wildman–Crippen MR) is 103 cm³/mol. The van der Waals surface area contributed by atoms with E-state index in [0.29, 0.717) is 4.90 Å². The number of sulfonamides is 1. The molecule has 140 valence electrons. The van der Waals surface area contributed by atoms with E-state index < -0.39 is 10.0 Å². The summed E-state index contributed by atoms with van der Waals surface area (Å²) in [5.74, 6) is 0. The quantitative estimate of drug-likeness (QED) is 0.735. The molecule has 0 spiro atoms. The maximum atomic E-state index is 12.8. The third-order valence-corrected chi connectivity index (χ3v) is 6.58. The highest BCUT2D eigenvalue weighted by Crippen LogP contribution is 2.25. The highest BCUT2D eigenvalue weighted by Gasteiger charge is 2.20. The monoisotopic (exact) mass is 382 g/mol. The molecule has 1 heterocycles. The second-order valence-electron chi connectivity index (χ2n) is 6.91. The summed E-state index contributed by atoms with van der Waals surface area (Å²) >= 11 is 0. The Morgan fingerprint density at radius 1 is 1.04 bits per heavy atom. The van der Waals surface area contributed by atoms with E-state index in [1.807, 2.05) is 43.3 Å². The Labute approximate surface area is 159 Å². The van der Waals surface area contributed by atoms with Crippen molar-refractivity contribution in [3.05, 3.63) is 71.8 Å². The molecule has 7 heteroatoms. The van der Waals surface area contributed by atoms with Gasteiger partial charge in [-0.2, -0.15) is 5.10 Å². The number of nitrogens with zero attached hydrogens (tertiary/aromatic N) is 3. The molecule has 0 fully saturated rings. The van der Waals surface area contributed by atoms with Gasteiger partial charge in [0, 0.05) is 6.04 Å². The van der Waals surface area contributed by atoms with Crippen molar-refractivity contribution in [2.24, 2.45) is 0 Å². The first-order valence-corrected chi connectivity index (χ1v) is 10.6. The summed E-state index contributed by atoms with van der Waals surface area (Å²) in [6.07, 6.45) is 7.40. The standard InChI is InChI=1S/C20H22N4O2S/c1-15(16-6-9-19(10-7-16)24-14-21-13-22-24)23-27(25,26)20-11-8-17-4-2-3-5-18(17)12-20/h6-15,23H,2-5H2,1H3/t15-/m1/s1. The first-order chi connectivity index (χ1) is 13.0. The maximum Gasteiger partial charge on any atom is 0.241 e. The number of nitrogens with one attached hydrogen (secondary N) is 1. The van der Waals surface area contributed by atoms with Gasteiger partial charge in [0.1, 0.15) is 12.7 Å². The van der Waals surface area contributed by atoms with Gasteiger partial charge < -0.3 is 0 Å². The number of hydrogen-bond acceptors (Lipinski definition) is 4. The number of fused-ring (bicyclic) bond motifs is 1. The van der Waals surface area contributed by atoms with Gasteiger partial charge in [-0.15, -0.1) is 0 Å². The number of hydrogen-bond donors (Lipinski definition) is 1. The van der Waals surface area contributed by atoms with Crippen molar-refractivity contribution < 1.29 is 8.42 Å². The van der Waals surface area contributed by atoms with Crippen LogP contribution in [0.15, 0.2) is 60.0 Å². The second-order valence-corrected chi connectivity index (χ2v) is 8.63. The van der Waals surface area contributed by atoms with Crippen LogP contribution in [-0.4, -0.2) is 23.2 Å². The van der Waals surface area contributed by atoms with E-state index in [1.54, 1.807) is 17.1 Å². The summed E-state index contributed by atoms with van der Waals surface area (Å²) in [5.41, 5.74) is 4.20. The summed E-state index contributed by atoms with van der Waals surface area (Å²) < 4.78 is 30.1. The Bertz CT molecular complexity index is 1030. The Kier molecular flexibility index (Phi) is 4.80. The Balaban J connectivity index is 1.52. The minimum Gasteiger partial charge on any atom is -0.223 e. The van der Waals surface area contributed by atoms with Crippen molar-refractivity contribution in [3.63, 3.8) is 0 Å². The molecule has 1 aromatic heterocycles. The van der Waals surface area contributed by atoms with E-state index in [-0.39, 0.29) is 6.04 Å². The molecule has 0 bridgehead atoms.